The lowest BCUT2D eigenvalue weighted by atomic mass is 9.73. The van der Waals surface area contributed by atoms with Gasteiger partial charge in [-0.25, -0.2) is 0 Å². The van der Waals surface area contributed by atoms with Crippen LogP contribution in [0.4, 0.5) is 0 Å². The van der Waals surface area contributed by atoms with E-state index in [9.17, 15) is 0 Å². The second kappa shape index (κ2) is 3.51. The van der Waals surface area contributed by atoms with E-state index in [1.165, 1.54) is 31.2 Å². The summed E-state index contributed by atoms with van der Waals surface area (Å²) in [6, 6.07) is 10.8. The molecule has 0 aliphatic heterocycles. The van der Waals surface area contributed by atoms with Crippen LogP contribution in [-0.4, -0.2) is 12.6 Å². The van der Waals surface area contributed by atoms with E-state index in [0.29, 0.717) is 5.54 Å². The molecule has 1 nitrogen and oxygen atoms in total. The minimum atomic E-state index is 0.418. The smallest absolute Gasteiger partial charge is 0.0218 e. The lowest BCUT2D eigenvalue weighted by Gasteiger charge is -2.42. The van der Waals surface area contributed by atoms with E-state index < -0.39 is 0 Å². The number of hydrogen-bond acceptors (Lipinski definition) is 1. The molecule has 1 saturated carbocycles. The molecular formula is C12H17N. The van der Waals surface area contributed by atoms with Gasteiger partial charge >= 0.3 is 0 Å². The highest BCUT2D eigenvalue weighted by Crippen LogP contribution is 2.34. The molecule has 1 aromatic rings. The first-order chi connectivity index (χ1) is 6.35. The minimum Gasteiger partial charge on any atom is -0.314 e. The topological polar surface area (TPSA) is 12.0 Å². The van der Waals surface area contributed by atoms with Gasteiger partial charge in [0.2, 0.25) is 0 Å². The number of likely N-dealkylation sites (N-methyl/N-ethyl adjacent to an activating group) is 1. The molecule has 1 N–H and O–H groups in total. The van der Waals surface area contributed by atoms with Crippen LogP contribution in [0.3, 0.4) is 0 Å². The van der Waals surface area contributed by atoms with Gasteiger partial charge in [-0.05, 0) is 38.3 Å². The summed E-state index contributed by atoms with van der Waals surface area (Å²) in [5.41, 5.74) is 1.87. The highest BCUT2D eigenvalue weighted by atomic mass is 15.0. The van der Waals surface area contributed by atoms with Gasteiger partial charge in [0.05, 0.1) is 0 Å². The lowest BCUT2D eigenvalue weighted by molar-refractivity contribution is 0.198. The van der Waals surface area contributed by atoms with Crippen LogP contribution in [0.2, 0.25) is 0 Å². The molecule has 0 saturated heterocycles. The Morgan fingerprint density at radius 3 is 2.38 bits per heavy atom. The monoisotopic (exact) mass is 175 g/mol. The van der Waals surface area contributed by atoms with Crippen LogP contribution < -0.4 is 5.32 Å². The third-order valence-electron chi connectivity index (χ3n) is 3.23. The zero-order valence-electron chi connectivity index (χ0n) is 8.22. The van der Waals surface area contributed by atoms with Crippen molar-refractivity contribution in [3.63, 3.8) is 0 Å². The van der Waals surface area contributed by atoms with E-state index in [0.717, 1.165) is 0 Å². The zero-order valence-corrected chi connectivity index (χ0v) is 8.22. The molecule has 1 fully saturated rings. The van der Waals surface area contributed by atoms with Gasteiger partial charge in [-0.3, -0.25) is 0 Å². The summed E-state index contributed by atoms with van der Waals surface area (Å²) >= 11 is 0. The molecule has 0 heterocycles. The molecule has 0 aromatic heterocycles. The van der Waals surface area contributed by atoms with Crippen LogP contribution in [0.1, 0.15) is 24.8 Å². The molecule has 0 spiro atoms. The quantitative estimate of drug-likeness (QED) is 0.743. The van der Waals surface area contributed by atoms with Gasteiger partial charge in [0.25, 0.3) is 0 Å². The summed E-state index contributed by atoms with van der Waals surface area (Å²) in [5.74, 6) is 0. The highest BCUT2D eigenvalue weighted by molar-refractivity contribution is 5.19. The lowest BCUT2D eigenvalue weighted by Crippen LogP contribution is -2.50. The largest absolute Gasteiger partial charge is 0.314 e. The van der Waals surface area contributed by atoms with Crippen molar-refractivity contribution in [1.82, 2.24) is 5.32 Å². The van der Waals surface area contributed by atoms with Crippen molar-refractivity contribution < 1.29 is 0 Å². The summed E-state index contributed by atoms with van der Waals surface area (Å²) in [6.07, 6.45) is 5.23. The van der Waals surface area contributed by atoms with Crippen molar-refractivity contribution in [1.29, 1.82) is 0 Å². The fraction of sp³-hybridized carbons (Fsp3) is 0.500. The minimum absolute atomic E-state index is 0.418. The zero-order chi connectivity index (χ0) is 9.15. The Morgan fingerprint density at radius 2 is 1.92 bits per heavy atom. The molecule has 0 radical (unpaired) electrons. The van der Waals surface area contributed by atoms with E-state index in [-0.39, 0.29) is 0 Å². The fourth-order valence-corrected chi connectivity index (χ4v) is 2.11. The van der Waals surface area contributed by atoms with Crippen LogP contribution >= 0.6 is 0 Å². The Labute approximate surface area is 80.2 Å². The van der Waals surface area contributed by atoms with Gasteiger partial charge in [0.1, 0.15) is 0 Å². The SMILES string of the molecule is CNC1(Cc2ccccc2)CCC1. The molecule has 0 bridgehead atoms. The number of benzene rings is 1. The highest BCUT2D eigenvalue weighted by Gasteiger charge is 2.34. The predicted molar refractivity (Wildman–Crippen MR) is 55.8 cm³/mol. The van der Waals surface area contributed by atoms with Crippen LogP contribution in [0.15, 0.2) is 30.3 Å². The summed E-state index contributed by atoms with van der Waals surface area (Å²) in [7, 11) is 2.09. The molecule has 1 aromatic carbocycles. The maximum atomic E-state index is 3.46. The Balaban J connectivity index is 2.05. The summed E-state index contributed by atoms with van der Waals surface area (Å²) in [6.45, 7) is 0. The van der Waals surface area contributed by atoms with Crippen LogP contribution in [0.5, 0.6) is 0 Å². The first-order valence-corrected chi connectivity index (χ1v) is 5.07. The molecule has 1 aliphatic rings. The number of rotatable bonds is 3. The van der Waals surface area contributed by atoms with Crippen molar-refractivity contribution >= 4 is 0 Å². The van der Waals surface area contributed by atoms with Gasteiger partial charge in [-0.1, -0.05) is 30.3 Å². The fourth-order valence-electron chi connectivity index (χ4n) is 2.11. The second-order valence-electron chi connectivity index (χ2n) is 4.05. The standard InChI is InChI=1S/C12H17N/c1-13-12(8-5-9-12)10-11-6-3-2-4-7-11/h2-4,6-7,13H,5,8-10H2,1H3. The molecule has 1 heteroatoms. The van der Waals surface area contributed by atoms with E-state index in [4.69, 9.17) is 0 Å². The van der Waals surface area contributed by atoms with Crippen molar-refractivity contribution in [3.8, 4) is 0 Å². The summed E-state index contributed by atoms with van der Waals surface area (Å²) in [5, 5.41) is 3.46. The van der Waals surface area contributed by atoms with Gasteiger partial charge in [-0.2, -0.15) is 0 Å². The Kier molecular flexibility index (Phi) is 2.36. The summed E-state index contributed by atoms with van der Waals surface area (Å²) in [4.78, 5) is 0. The maximum Gasteiger partial charge on any atom is 0.0218 e. The van der Waals surface area contributed by atoms with Crippen molar-refractivity contribution in [3.05, 3.63) is 35.9 Å². The molecular weight excluding hydrogens is 158 g/mol. The second-order valence-corrected chi connectivity index (χ2v) is 4.05. The number of hydrogen-bond donors (Lipinski definition) is 1. The Bertz CT molecular complexity index is 256. The van der Waals surface area contributed by atoms with Crippen LogP contribution in [-0.2, 0) is 6.42 Å². The molecule has 0 atom stereocenters. The first-order valence-electron chi connectivity index (χ1n) is 5.07. The predicted octanol–water partition coefficient (Wildman–Crippen LogP) is 2.37. The third kappa shape index (κ3) is 1.75. The van der Waals surface area contributed by atoms with Crippen molar-refractivity contribution in [2.75, 3.05) is 7.05 Å². The number of nitrogens with one attached hydrogen (secondary N) is 1. The van der Waals surface area contributed by atoms with Crippen molar-refractivity contribution in [2.45, 2.75) is 31.2 Å². The van der Waals surface area contributed by atoms with E-state index in [1.807, 2.05) is 0 Å². The molecule has 0 amide bonds. The average molecular weight is 175 g/mol. The molecule has 70 valence electrons. The van der Waals surface area contributed by atoms with Gasteiger partial charge in [-0.15, -0.1) is 0 Å². The van der Waals surface area contributed by atoms with E-state index in [2.05, 4.69) is 42.7 Å². The van der Waals surface area contributed by atoms with Gasteiger partial charge in [0, 0.05) is 5.54 Å². The van der Waals surface area contributed by atoms with Gasteiger partial charge < -0.3 is 5.32 Å². The van der Waals surface area contributed by atoms with Crippen LogP contribution in [0.25, 0.3) is 0 Å². The normalized spacial score (nSPS) is 19.5. The first kappa shape index (κ1) is 8.76. The molecule has 2 rings (SSSR count). The molecule has 1 aliphatic carbocycles. The van der Waals surface area contributed by atoms with Crippen molar-refractivity contribution in [2.24, 2.45) is 0 Å². The van der Waals surface area contributed by atoms with Crippen LogP contribution in [0, 0.1) is 0 Å². The maximum absolute atomic E-state index is 3.46. The molecule has 13 heavy (non-hydrogen) atoms. The molecule has 0 unspecified atom stereocenters. The van der Waals surface area contributed by atoms with E-state index in [1.54, 1.807) is 0 Å². The average Bonchev–Trinajstić information content (AvgIpc) is 2.13. The Hall–Kier alpha value is -0.820. The Morgan fingerprint density at radius 1 is 1.23 bits per heavy atom. The van der Waals surface area contributed by atoms with E-state index >= 15 is 0 Å². The summed E-state index contributed by atoms with van der Waals surface area (Å²) < 4.78 is 0. The van der Waals surface area contributed by atoms with Gasteiger partial charge in [0.15, 0.2) is 0 Å². The third-order valence-corrected chi connectivity index (χ3v) is 3.23.